The van der Waals surface area contributed by atoms with E-state index in [0.29, 0.717) is 0 Å². The number of rotatable bonds is 3. The minimum atomic E-state index is -0.777. The number of fused-ring (bicyclic) bond motifs is 1. The fourth-order valence-corrected chi connectivity index (χ4v) is 2.18. The number of primary amides is 1. The van der Waals surface area contributed by atoms with Crippen molar-refractivity contribution in [2.75, 3.05) is 11.4 Å². The van der Waals surface area contributed by atoms with Crippen molar-refractivity contribution in [3.8, 4) is 0 Å². The van der Waals surface area contributed by atoms with E-state index in [2.05, 4.69) is 15.9 Å². The Morgan fingerprint density at radius 1 is 1.47 bits per heavy atom. The molecular formula is C12H10BrFN2O3. The van der Waals surface area contributed by atoms with Crippen molar-refractivity contribution >= 4 is 39.2 Å². The van der Waals surface area contributed by atoms with E-state index in [1.165, 1.54) is 13.0 Å². The predicted octanol–water partition coefficient (Wildman–Crippen LogP) is 1.24. The Kier molecular flexibility index (Phi) is 3.40. The third kappa shape index (κ3) is 2.25. The molecule has 1 atom stereocenters. The molecule has 0 saturated heterocycles. The Bertz CT molecular complexity index is 603. The number of hydrogen-bond donors (Lipinski definition) is 1. The van der Waals surface area contributed by atoms with Gasteiger partial charge in [-0.15, -0.1) is 0 Å². The molecule has 0 fully saturated rings. The summed E-state index contributed by atoms with van der Waals surface area (Å²) in [6.07, 6.45) is 0. The van der Waals surface area contributed by atoms with Gasteiger partial charge in [0.2, 0.25) is 5.91 Å². The molecule has 0 spiro atoms. The maximum Gasteiger partial charge on any atom is 0.299 e. The van der Waals surface area contributed by atoms with Crippen LogP contribution in [0, 0.1) is 11.7 Å². The highest BCUT2D eigenvalue weighted by Gasteiger charge is 2.37. The zero-order valence-corrected chi connectivity index (χ0v) is 11.5. The van der Waals surface area contributed by atoms with E-state index in [9.17, 15) is 18.8 Å². The van der Waals surface area contributed by atoms with Crippen LogP contribution in [0.3, 0.4) is 0 Å². The van der Waals surface area contributed by atoms with E-state index in [-0.39, 0.29) is 22.3 Å². The molecule has 0 aromatic heterocycles. The molecule has 0 bridgehead atoms. The molecule has 0 radical (unpaired) electrons. The highest BCUT2D eigenvalue weighted by Crippen LogP contribution is 2.33. The van der Waals surface area contributed by atoms with E-state index in [1.807, 2.05) is 0 Å². The van der Waals surface area contributed by atoms with Gasteiger partial charge in [0.25, 0.3) is 11.7 Å². The van der Waals surface area contributed by atoms with Gasteiger partial charge in [-0.2, -0.15) is 0 Å². The summed E-state index contributed by atoms with van der Waals surface area (Å²) in [6.45, 7) is 1.49. The largest absolute Gasteiger partial charge is 0.369 e. The smallest absolute Gasteiger partial charge is 0.299 e. The summed E-state index contributed by atoms with van der Waals surface area (Å²) >= 11 is 2.96. The van der Waals surface area contributed by atoms with Crippen LogP contribution in [0.4, 0.5) is 10.1 Å². The zero-order valence-electron chi connectivity index (χ0n) is 9.94. The van der Waals surface area contributed by atoms with Gasteiger partial charge in [-0.3, -0.25) is 14.4 Å². The summed E-state index contributed by atoms with van der Waals surface area (Å²) in [6, 6.07) is 2.36. The SMILES string of the molecule is CC(CN1C(=O)C(=O)c2cc(Br)c(F)cc21)C(N)=O. The van der Waals surface area contributed by atoms with Gasteiger partial charge in [0.15, 0.2) is 0 Å². The summed E-state index contributed by atoms with van der Waals surface area (Å²) in [4.78, 5) is 35.7. The Morgan fingerprint density at radius 2 is 2.11 bits per heavy atom. The summed E-state index contributed by atoms with van der Waals surface area (Å²) < 4.78 is 13.6. The number of amides is 2. The van der Waals surface area contributed by atoms with E-state index < -0.39 is 29.3 Å². The minimum absolute atomic E-state index is 0.0476. The maximum absolute atomic E-state index is 13.5. The average molecular weight is 329 g/mol. The molecule has 1 aliphatic rings. The first kappa shape index (κ1) is 13.7. The lowest BCUT2D eigenvalue weighted by atomic mass is 10.1. The van der Waals surface area contributed by atoms with Crippen LogP contribution in [0.5, 0.6) is 0 Å². The Hall–Kier alpha value is -1.76. The second-order valence-electron chi connectivity index (χ2n) is 4.33. The van der Waals surface area contributed by atoms with Crippen molar-refractivity contribution in [3.05, 3.63) is 28.0 Å². The lowest BCUT2D eigenvalue weighted by Crippen LogP contribution is -2.38. The van der Waals surface area contributed by atoms with Crippen LogP contribution in [0.25, 0.3) is 0 Å². The maximum atomic E-state index is 13.5. The molecule has 19 heavy (non-hydrogen) atoms. The standard InChI is InChI=1S/C12H10BrFN2O3/c1-5(11(15)18)4-16-9-3-8(14)7(13)2-6(9)10(17)12(16)19/h2-3,5H,4H2,1H3,(H2,15,18). The fourth-order valence-electron chi connectivity index (χ4n) is 1.83. The molecule has 1 aromatic carbocycles. The molecule has 1 heterocycles. The molecule has 7 heteroatoms. The molecule has 1 aromatic rings. The summed E-state index contributed by atoms with van der Waals surface area (Å²) in [7, 11) is 0. The molecule has 5 nitrogen and oxygen atoms in total. The van der Waals surface area contributed by atoms with Crippen molar-refractivity contribution < 1.29 is 18.8 Å². The van der Waals surface area contributed by atoms with Crippen LogP contribution in [-0.2, 0) is 9.59 Å². The minimum Gasteiger partial charge on any atom is -0.369 e. The van der Waals surface area contributed by atoms with E-state index in [0.717, 1.165) is 11.0 Å². The molecule has 2 amide bonds. The summed E-state index contributed by atoms with van der Waals surface area (Å²) in [5.74, 6) is -3.30. The predicted molar refractivity (Wildman–Crippen MR) is 69.1 cm³/mol. The molecule has 2 rings (SSSR count). The number of hydrogen-bond acceptors (Lipinski definition) is 3. The molecule has 1 aliphatic heterocycles. The number of Topliss-reactive ketones (excluding diaryl/α,β-unsaturated/α-hetero) is 1. The van der Waals surface area contributed by atoms with Gasteiger partial charge in [-0.1, -0.05) is 6.92 Å². The molecule has 100 valence electrons. The van der Waals surface area contributed by atoms with Crippen molar-refractivity contribution in [3.63, 3.8) is 0 Å². The van der Waals surface area contributed by atoms with E-state index in [4.69, 9.17) is 5.73 Å². The highest BCUT2D eigenvalue weighted by molar-refractivity contribution is 9.10. The molecule has 0 aliphatic carbocycles. The number of halogens is 2. The third-order valence-corrected chi connectivity index (χ3v) is 3.56. The quantitative estimate of drug-likeness (QED) is 0.847. The summed E-state index contributed by atoms with van der Waals surface area (Å²) in [5, 5.41) is 0. The number of nitrogens with two attached hydrogens (primary N) is 1. The first-order valence-corrected chi connectivity index (χ1v) is 6.26. The van der Waals surface area contributed by atoms with Crippen molar-refractivity contribution in [1.29, 1.82) is 0 Å². The van der Waals surface area contributed by atoms with E-state index in [1.54, 1.807) is 0 Å². The van der Waals surface area contributed by atoms with Crippen LogP contribution in [0.2, 0.25) is 0 Å². The summed E-state index contributed by atoms with van der Waals surface area (Å²) in [5.41, 5.74) is 5.42. The van der Waals surface area contributed by atoms with Crippen LogP contribution in [-0.4, -0.2) is 24.1 Å². The lowest BCUT2D eigenvalue weighted by molar-refractivity contribution is -0.121. The Morgan fingerprint density at radius 3 is 2.68 bits per heavy atom. The first-order valence-electron chi connectivity index (χ1n) is 5.47. The first-order chi connectivity index (χ1) is 8.82. The zero-order chi connectivity index (χ0) is 14.3. The number of nitrogens with zero attached hydrogens (tertiary/aromatic N) is 1. The van der Waals surface area contributed by atoms with Crippen LogP contribution in [0.15, 0.2) is 16.6 Å². The topological polar surface area (TPSA) is 80.5 Å². The van der Waals surface area contributed by atoms with Crippen LogP contribution in [0.1, 0.15) is 17.3 Å². The number of carbonyl (C=O) groups excluding carboxylic acids is 3. The third-order valence-electron chi connectivity index (χ3n) is 2.96. The van der Waals surface area contributed by atoms with Gasteiger partial charge in [-0.05, 0) is 28.1 Å². The van der Waals surface area contributed by atoms with Crippen molar-refractivity contribution in [2.24, 2.45) is 11.7 Å². The molecular weight excluding hydrogens is 319 g/mol. The molecule has 1 unspecified atom stereocenters. The van der Waals surface area contributed by atoms with Crippen LogP contribution < -0.4 is 10.6 Å². The number of benzene rings is 1. The molecule has 2 N–H and O–H groups in total. The Balaban J connectivity index is 2.44. The van der Waals surface area contributed by atoms with Gasteiger partial charge in [0.05, 0.1) is 21.6 Å². The van der Waals surface area contributed by atoms with Gasteiger partial charge < -0.3 is 10.6 Å². The van der Waals surface area contributed by atoms with Crippen LogP contribution >= 0.6 is 15.9 Å². The number of anilines is 1. The molecule has 0 saturated carbocycles. The van der Waals surface area contributed by atoms with Gasteiger partial charge in [-0.25, -0.2) is 4.39 Å². The lowest BCUT2D eigenvalue weighted by Gasteiger charge is -2.19. The second-order valence-corrected chi connectivity index (χ2v) is 5.19. The highest BCUT2D eigenvalue weighted by atomic mass is 79.9. The van der Waals surface area contributed by atoms with E-state index >= 15 is 0 Å². The fraction of sp³-hybridized carbons (Fsp3) is 0.250. The second kappa shape index (κ2) is 4.73. The monoisotopic (exact) mass is 328 g/mol. The number of carbonyl (C=O) groups is 3. The van der Waals surface area contributed by atoms with Crippen molar-refractivity contribution in [1.82, 2.24) is 0 Å². The average Bonchev–Trinajstić information content (AvgIpc) is 2.56. The van der Waals surface area contributed by atoms with Gasteiger partial charge in [0.1, 0.15) is 5.82 Å². The number of ketones is 1. The van der Waals surface area contributed by atoms with Gasteiger partial charge in [0, 0.05) is 6.54 Å². The van der Waals surface area contributed by atoms with Crippen molar-refractivity contribution in [2.45, 2.75) is 6.92 Å². The normalized spacial score (nSPS) is 15.6. The van der Waals surface area contributed by atoms with Gasteiger partial charge >= 0.3 is 0 Å². The Labute approximate surface area is 116 Å².